The summed E-state index contributed by atoms with van der Waals surface area (Å²) in [4.78, 5) is 0. The van der Waals surface area contributed by atoms with E-state index in [4.69, 9.17) is 11.6 Å². The molecule has 0 aliphatic carbocycles. The molecule has 0 bridgehead atoms. The average molecular weight is 290 g/mol. The lowest BCUT2D eigenvalue weighted by Gasteiger charge is -2.20. The lowest BCUT2D eigenvalue weighted by atomic mass is 10.00. The fourth-order valence-electron chi connectivity index (χ4n) is 2.09. The second-order valence-electron chi connectivity index (χ2n) is 4.79. The zero-order chi connectivity index (χ0) is 14.3. The third kappa shape index (κ3) is 5.07. The number of hydrogen-bond donors (Lipinski definition) is 1. The molecule has 0 fully saturated rings. The number of halogens is 3. The Balaban J connectivity index is 2.85. The van der Waals surface area contributed by atoms with E-state index in [2.05, 4.69) is 19.2 Å². The molecule has 1 aromatic rings. The summed E-state index contributed by atoms with van der Waals surface area (Å²) in [6.45, 7) is 5.05. The smallest absolute Gasteiger partial charge is 0.160 e. The van der Waals surface area contributed by atoms with Crippen LogP contribution in [0.2, 0.25) is 5.02 Å². The summed E-state index contributed by atoms with van der Waals surface area (Å²) < 4.78 is 26.5. The first-order chi connectivity index (χ1) is 9.10. The first-order valence-corrected chi connectivity index (χ1v) is 7.35. The van der Waals surface area contributed by atoms with E-state index in [1.54, 1.807) is 0 Å². The van der Waals surface area contributed by atoms with Crippen LogP contribution in [0.25, 0.3) is 0 Å². The highest BCUT2D eigenvalue weighted by atomic mass is 35.5. The van der Waals surface area contributed by atoms with Gasteiger partial charge in [0.15, 0.2) is 11.6 Å². The van der Waals surface area contributed by atoms with Crippen molar-refractivity contribution in [3.8, 4) is 0 Å². The second kappa shape index (κ2) is 8.49. The van der Waals surface area contributed by atoms with Crippen molar-refractivity contribution in [3.63, 3.8) is 0 Å². The molecule has 0 amide bonds. The second-order valence-corrected chi connectivity index (χ2v) is 5.20. The Bertz CT molecular complexity index is 396. The lowest BCUT2D eigenvalue weighted by Crippen LogP contribution is -2.22. The van der Waals surface area contributed by atoms with Gasteiger partial charge in [0, 0.05) is 11.1 Å². The van der Waals surface area contributed by atoms with Gasteiger partial charge in [-0.2, -0.15) is 0 Å². The molecule has 1 aromatic carbocycles. The van der Waals surface area contributed by atoms with Crippen molar-refractivity contribution in [2.75, 3.05) is 6.54 Å². The highest BCUT2D eigenvalue weighted by molar-refractivity contribution is 6.31. The number of unbranched alkanes of at least 4 members (excludes halogenated alkanes) is 2. The Labute approximate surface area is 119 Å². The van der Waals surface area contributed by atoms with Crippen LogP contribution >= 0.6 is 11.6 Å². The van der Waals surface area contributed by atoms with Crippen LogP contribution in [-0.4, -0.2) is 6.54 Å². The van der Waals surface area contributed by atoms with Crippen LogP contribution in [0.4, 0.5) is 8.78 Å². The van der Waals surface area contributed by atoms with Crippen molar-refractivity contribution in [3.05, 3.63) is 34.4 Å². The summed E-state index contributed by atoms with van der Waals surface area (Å²) in [6.07, 6.45) is 5.19. The molecule has 1 nitrogen and oxygen atoms in total. The van der Waals surface area contributed by atoms with Crippen LogP contribution < -0.4 is 5.32 Å². The van der Waals surface area contributed by atoms with Gasteiger partial charge in [-0.15, -0.1) is 0 Å². The van der Waals surface area contributed by atoms with Crippen LogP contribution in [0, 0.1) is 11.6 Å². The molecular formula is C15H22ClF2N. The monoisotopic (exact) mass is 289 g/mol. The molecule has 108 valence electrons. The Morgan fingerprint density at radius 2 is 1.79 bits per heavy atom. The summed E-state index contributed by atoms with van der Waals surface area (Å²) in [7, 11) is 0. The maximum atomic E-state index is 13.4. The van der Waals surface area contributed by atoms with Crippen molar-refractivity contribution in [1.82, 2.24) is 5.32 Å². The molecular weight excluding hydrogens is 268 g/mol. The van der Waals surface area contributed by atoms with E-state index in [-0.39, 0.29) is 6.04 Å². The molecule has 19 heavy (non-hydrogen) atoms. The van der Waals surface area contributed by atoms with Gasteiger partial charge in [0.2, 0.25) is 0 Å². The van der Waals surface area contributed by atoms with Gasteiger partial charge in [-0.25, -0.2) is 8.78 Å². The van der Waals surface area contributed by atoms with Crippen molar-refractivity contribution in [1.29, 1.82) is 0 Å². The van der Waals surface area contributed by atoms with Gasteiger partial charge >= 0.3 is 0 Å². The number of nitrogens with one attached hydrogen (secondary N) is 1. The largest absolute Gasteiger partial charge is 0.310 e. The van der Waals surface area contributed by atoms with E-state index in [1.807, 2.05) is 0 Å². The Morgan fingerprint density at radius 1 is 1.11 bits per heavy atom. The molecule has 0 aliphatic rings. The maximum absolute atomic E-state index is 13.4. The molecule has 1 unspecified atom stereocenters. The molecule has 0 spiro atoms. The molecule has 0 heterocycles. The highest BCUT2D eigenvalue weighted by Gasteiger charge is 2.17. The summed E-state index contributed by atoms with van der Waals surface area (Å²) in [5.74, 6) is -1.73. The predicted molar refractivity (Wildman–Crippen MR) is 76.5 cm³/mol. The molecule has 0 radical (unpaired) electrons. The fraction of sp³-hybridized carbons (Fsp3) is 0.600. The molecule has 0 saturated heterocycles. The minimum Gasteiger partial charge on any atom is -0.310 e. The molecule has 0 aliphatic heterocycles. The zero-order valence-electron chi connectivity index (χ0n) is 11.6. The van der Waals surface area contributed by atoms with Gasteiger partial charge in [0.05, 0.1) is 0 Å². The summed E-state index contributed by atoms with van der Waals surface area (Å²) >= 11 is 6.04. The molecule has 0 aromatic heterocycles. The average Bonchev–Trinajstić information content (AvgIpc) is 2.38. The first kappa shape index (κ1) is 16.4. The van der Waals surface area contributed by atoms with Gasteiger partial charge in [0.1, 0.15) is 0 Å². The van der Waals surface area contributed by atoms with E-state index in [0.717, 1.165) is 44.7 Å². The molecule has 1 N–H and O–H groups in total. The molecule has 1 rings (SSSR count). The molecule has 0 saturated carbocycles. The summed E-state index contributed by atoms with van der Waals surface area (Å²) in [5, 5.41) is 3.65. The third-order valence-corrected chi connectivity index (χ3v) is 3.48. The summed E-state index contributed by atoms with van der Waals surface area (Å²) in [5.41, 5.74) is 0.658. The van der Waals surface area contributed by atoms with Crippen LogP contribution in [-0.2, 0) is 0 Å². The standard InChI is InChI=1S/C15H22ClF2N/c1-3-5-6-7-15(19-8-4-2)11-9-13(17)14(18)10-12(11)16/h9-10,15,19H,3-8H2,1-2H3. The number of hydrogen-bond acceptors (Lipinski definition) is 1. The molecule has 4 heteroatoms. The SMILES string of the molecule is CCCCCC(NCCC)c1cc(F)c(F)cc1Cl. The van der Waals surface area contributed by atoms with Crippen molar-refractivity contribution >= 4 is 11.6 Å². The van der Waals surface area contributed by atoms with Gasteiger partial charge in [0.25, 0.3) is 0 Å². The van der Waals surface area contributed by atoms with Gasteiger partial charge in [-0.1, -0.05) is 44.7 Å². The van der Waals surface area contributed by atoms with Crippen LogP contribution in [0.5, 0.6) is 0 Å². The number of rotatable bonds is 8. The predicted octanol–water partition coefficient (Wildman–Crippen LogP) is 5.24. The molecule has 1 atom stereocenters. The van der Waals surface area contributed by atoms with Gasteiger partial charge < -0.3 is 5.32 Å². The van der Waals surface area contributed by atoms with E-state index < -0.39 is 11.6 Å². The van der Waals surface area contributed by atoms with E-state index >= 15 is 0 Å². The fourth-order valence-corrected chi connectivity index (χ4v) is 2.37. The number of benzene rings is 1. The highest BCUT2D eigenvalue weighted by Crippen LogP contribution is 2.29. The Kier molecular flexibility index (Phi) is 7.32. The maximum Gasteiger partial charge on any atom is 0.160 e. The lowest BCUT2D eigenvalue weighted by molar-refractivity contribution is 0.464. The van der Waals surface area contributed by atoms with Gasteiger partial charge in [-0.3, -0.25) is 0 Å². The minimum atomic E-state index is -0.892. The quantitative estimate of drug-likeness (QED) is 0.510. The topological polar surface area (TPSA) is 12.0 Å². The van der Waals surface area contributed by atoms with Crippen LogP contribution in [0.15, 0.2) is 12.1 Å². The van der Waals surface area contributed by atoms with Crippen molar-refractivity contribution in [2.45, 2.75) is 52.0 Å². The van der Waals surface area contributed by atoms with Crippen LogP contribution in [0.3, 0.4) is 0 Å². The minimum absolute atomic E-state index is 0.00546. The van der Waals surface area contributed by atoms with E-state index in [9.17, 15) is 8.78 Å². The van der Waals surface area contributed by atoms with E-state index in [0.29, 0.717) is 10.6 Å². The van der Waals surface area contributed by atoms with Gasteiger partial charge in [-0.05, 0) is 37.1 Å². The van der Waals surface area contributed by atoms with Crippen molar-refractivity contribution in [2.24, 2.45) is 0 Å². The van der Waals surface area contributed by atoms with Crippen molar-refractivity contribution < 1.29 is 8.78 Å². The van der Waals surface area contributed by atoms with E-state index in [1.165, 1.54) is 6.07 Å². The first-order valence-electron chi connectivity index (χ1n) is 6.98. The Morgan fingerprint density at radius 3 is 2.42 bits per heavy atom. The third-order valence-electron chi connectivity index (χ3n) is 3.15. The van der Waals surface area contributed by atoms with Crippen LogP contribution in [0.1, 0.15) is 57.6 Å². The normalized spacial score (nSPS) is 12.7. The zero-order valence-corrected chi connectivity index (χ0v) is 12.4. The summed E-state index contributed by atoms with van der Waals surface area (Å²) in [6, 6.07) is 2.28. The Hall–Kier alpha value is -0.670.